The quantitative estimate of drug-likeness (QED) is 0.925. The van der Waals surface area contributed by atoms with Gasteiger partial charge in [0.2, 0.25) is 5.03 Å². The maximum atomic E-state index is 13.3. The van der Waals surface area contributed by atoms with Gasteiger partial charge in [0.25, 0.3) is 10.0 Å². The maximum Gasteiger partial charge on any atom is 0.284 e. The molecule has 0 fully saturated rings. The molecule has 0 unspecified atom stereocenters. The smallest absolute Gasteiger partial charge is 0.253 e. The van der Waals surface area contributed by atoms with Crippen molar-refractivity contribution in [3.63, 3.8) is 0 Å². The van der Waals surface area contributed by atoms with Crippen molar-refractivity contribution in [1.82, 2.24) is 9.97 Å². The van der Waals surface area contributed by atoms with Crippen molar-refractivity contribution in [1.29, 1.82) is 0 Å². The highest BCUT2D eigenvalue weighted by atomic mass is 32.2. The molecule has 17 heavy (non-hydrogen) atoms. The standard InChI is InChI=1S/C9H8FN3O2S2/c1-6-5-12-9(16-6)13-17(14,15)8-7(10)3-2-4-11-8/h2-5H,1H3,(H,12,13). The summed E-state index contributed by atoms with van der Waals surface area (Å²) in [6, 6.07) is 2.36. The Bertz CT molecular complexity index is 639. The summed E-state index contributed by atoms with van der Waals surface area (Å²) in [6.07, 6.45) is 2.74. The number of hydrogen-bond donors (Lipinski definition) is 1. The van der Waals surface area contributed by atoms with Gasteiger partial charge in [0.05, 0.1) is 0 Å². The Morgan fingerprint density at radius 2 is 2.18 bits per heavy atom. The molecule has 0 saturated heterocycles. The van der Waals surface area contributed by atoms with Crippen LogP contribution in [0.15, 0.2) is 29.6 Å². The van der Waals surface area contributed by atoms with Gasteiger partial charge < -0.3 is 0 Å². The van der Waals surface area contributed by atoms with Gasteiger partial charge in [-0.1, -0.05) is 0 Å². The first-order valence-corrected chi connectivity index (χ1v) is 6.85. The molecule has 0 radical (unpaired) electrons. The molecule has 0 bridgehead atoms. The third-order valence-corrected chi connectivity index (χ3v) is 4.05. The molecule has 8 heteroatoms. The van der Waals surface area contributed by atoms with Crippen LogP contribution >= 0.6 is 11.3 Å². The van der Waals surface area contributed by atoms with Crippen LogP contribution in [0.4, 0.5) is 9.52 Å². The predicted octanol–water partition coefficient (Wildman–Crippen LogP) is 1.79. The van der Waals surface area contributed by atoms with E-state index >= 15 is 0 Å². The first-order chi connectivity index (χ1) is 7.99. The van der Waals surface area contributed by atoms with E-state index in [-0.39, 0.29) is 5.13 Å². The van der Waals surface area contributed by atoms with E-state index in [1.165, 1.54) is 18.5 Å². The van der Waals surface area contributed by atoms with E-state index in [9.17, 15) is 12.8 Å². The minimum absolute atomic E-state index is 0.188. The fourth-order valence-electron chi connectivity index (χ4n) is 1.13. The topological polar surface area (TPSA) is 72.0 Å². The average molecular weight is 273 g/mol. The second-order valence-electron chi connectivity index (χ2n) is 3.17. The first kappa shape index (κ1) is 11.9. The number of anilines is 1. The highest BCUT2D eigenvalue weighted by Crippen LogP contribution is 2.20. The fourth-order valence-corrected chi connectivity index (χ4v) is 3.05. The molecular formula is C9H8FN3O2S2. The summed E-state index contributed by atoms with van der Waals surface area (Å²) in [4.78, 5) is 8.19. The number of nitrogens with zero attached hydrogens (tertiary/aromatic N) is 2. The third kappa shape index (κ3) is 2.59. The molecule has 0 aliphatic carbocycles. The minimum atomic E-state index is -4.02. The summed E-state index contributed by atoms with van der Waals surface area (Å²) in [5.74, 6) is -0.895. The molecule has 2 heterocycles. The van der Waals surface area contributed by atoms with E-state index in [0.29, 0.717) is 0 Å². The molecule has 5 nitrogen and oxygen atoms in total. The highest BCUT2D eigenvalue weighted by Gasteiger charge is 2.21. The number of aromatic nitrogens is 2. The van der Waals surface area contributed by atoms with Gasteiger partial charge in [-0.2, -0.15) is 8.42 Å². The molecule has 2 aromatic rings. The summed E-state index contributed by atoms with van der Waals surface area (Å²) in [7, 11) is -4.02. The Morgan fingerprint density at radius 3 is 2.76 bits per heavy atom. The van der Waals surface area contributed by atoms with Crippen LogP contribution in [0.25, 0.3) is 0 Å². The van der Waals surface area contributed by atoms with E-state index in [4.69, 9.17) is 0 Å². The van der Waals surface area contributed by atoms with Crippen molar-refractivity contribution < 1.29 is 12.8 Å². The van der Waals surface area contributed by atoms with Crippen LogP contribution in [0, 0.1) is 12.7 Å². The van der Waals surface area contributed by atoms with E-state index in [0.717, 1.165) is 22.3 Å². The zero-order valence-electron chi connectivity index (χ0n) is 8.71. The number of aryl methyl sites for hydroxylation is 1. The van der Waals surface area contributed by atoms with E-state index < -0.39 is 20.9 Å². The second-order valence-corrected chi connectivity index (χ2v) is 6.00. The van der Waals surface area contributed by atoms with E-state index in [1.807, 2.05) is 0 Å². The highest BCUT2D eigenvalue weighted by molar-refractivity contribution is 7.92. The van der Waals surface area contributed by atoms with E-state index in [2.05, 4.69) is 14.7 Å². The van der Waals surface area contributed by atoms with Crippen LogP contribution in [0.2, 0.25) is 0 Å². The van der Waals surface area contributed by atoms with Crippen LogP contribution < -0.4 is 4.72 Å². The van der Waals surface area contributed by atoms with Crippen LogP contribution in [0.5, 0.6) is 0 Å². The van der Waals surface area contributed by atoms with Crippen LogP contribution in [0.3, 0.4) is 0 Å². The second kappa shape index (κ2) is 4.38. The fraction of sp³-hybridized carbons (Fsp3) is 0.111. The van der Waals surface area contributed by atoms with Crippen LogP contribution in [-0.4, -0.2) is 18.4 Å². The van der Waals surface area contributed by atoms with Gasteiger partial charge in [-0.3, -0.25) is 4.72 Å². The zero-order chi connectivity index (χ0) is 12.5. The van der Waals surface area contributed by atoms with Gasteiger partial charge in [-0.05, 0) is 19.1 Å². The Morgan fingerprint density at radius 1 is 1.41 bits per heavy atom. The molecule has 0 atom stereocenters. The number of sulfonamides is 1. The molecule has 2 aromatic heterocycles. The van der Waals surface area contributed by atoms with Crippen molar-refractivity contribution in [2.45, 2.75) is 11.9 Å². The van der Waals surface area contributed by atoms with Crippen molar-refractivity contribution in [3.05, 3.63) is 35.2 Å². The largest absolute Gasteiger partial charge is 0.284 e. The lowest BCUT2D eigenvalue weighted by Gasteiger charge is -2.04. The summed E-state index contributed by atoms with van der Waals surface area (Å²) in [5.41, 5.74) is 0. The van der Waals surface area contributed by atoms with Gasteiger partial charge >= 0.3 is 0 Å². The summed E-state index contributed by atoms with van der Waals surface area (Å²) in [5, 5.41) is -0.444. The molecule has 1 N–H and O–H groups in total. The zero-order valence-corrected chi connectivity index (χ0v) is 10.3. The normalized spacial score (nSPS) is 11.4. The molecule has 0 saturated carbocycles. The number of hydrogen-bond acceptors (Lipinski definition) is 5. The summed E-state index contributed by atoms with van der Waals surface area (Å²) < 4.78 is 39.0. The number of pyridine rings is 1. The molecule has 0 aromatic carbocycles. The molecular weight excluding hydrogens is 265 g/mol. The number of halogens is 1. The van der Waals surface area contributed by atoms with Crippen molar-refractivity contribution >= 4 is 26.5 Å². The predicted molar refractivity (Wildman–Crippen MR) is 61.9 cm³/mol. The summed E-state index contributed by atoms with van der Waals surface area (Å²) >= 11 is 1.16. The maximum absolute atomic E-state index is 13.3. The molecule has 0 spiro atoms. The third-order valence-electron chi connectivity index (χ3n) is 1.82. The van der Waals surface area contributed by atoms with Crippen LogP contribution in [0.1, 0.15) is 4.88 Å². The lowest BCUT2D eigenvalue weighted by atomic mass is 10.5. The summed E-state index contributed by atoms with van der Waals surface area (Å²) in [6.45, 7) is 1.79. The van der Waals surface area contributed by atoms with Gasteiger partial charge in [0, 0.05) is 17.3 Å². The van der Waals surface area contributed by atoms with Gasteiger partial charge in [0.1, 0.15) is 0 Å². The molecule has 0 aliphatic heterocycles. The van der Waals surface area contributed by atoms with Crippen molar-refractivity contribution in [3.8, 4) is 0 Å². The average Bonchev–Trinajstić information content (AvgIpc) is 2.63. The van der Waals surface area contributed by atoms with Gasteiger partial charge in [-0.25, -0.2) is 14.4 Å². The lowest BCUT2D eigenvalue weighted by molar-refractivity contribution is 0.557. The van der Waals surface area contributed by atoms with Crippen LogP contribution in [-0.2, 0) is 10.0 Å². The Kier molecular flexibility index (Phi) is 3.07. The van der Waals surface area contributed by atoms with Gasteiger partial charge in [0.15, 0.2) is 10.9 Å². The lowest BCUT2D eigenvalue weighted by Crippen LogP contribution is -2.15. The Labute approximate surface area is 101 Å². The Balaban J connectivity index is 2.35. The first-order valence-electron chi connectivity index (χ1n) is 4.55. The van der Waals surface area contributed by atoms with Gasteiger partial charge in [-0.15, -0.1) is 11.3 Å². The number of nitrogens with one attached hydrogen (secondary N) is 1. The Hall–Kier alpha value is -1.54. The molecule has 0 aliphatic rings. The van der Waals surface area contributed by atoms with E-state index in [1.54, 1.807) is 6.92 Å². The number of rotatable bonds is 3. The molecule has 0 amide bonds. The SMILES string of the molecule is Cc1cnc(NS(=O)(=O)c2ncccc2F)s1. The number of thiazole rings is 1. The monoisotopic (exact) mass is 273 g/mol. The molecule has 2 rings (SSSR count). The van der Waals surface area contributed by atoms with Crippen molar-refractivity contribution in [2.24, 2.45) is 0 Å². The minimum Gasteiger partial charge on any atom is -0.253 e. The molecule has 90 valence electrons. The van der Waals surface area contributed by atoms with Crippen molar-refractivity contribution in [2.75, 3.05) is 4.72 Å².